The summed E-state index contributed by atoms with van der Waals surface area (Å²) < 4.78 is 5.92. The van der Waals surface area contributed by atoms with E-state index in [1.54, 1.807) is 0 Å². The molecule has 1 aliphatic carbocycles. The van der Waals surface area contributed by atoms with Gasteiger partial charge < -0.3 is 15.4 Å². The van der Waals surface area contributed by atoms with Gasteiger partial charge in [0.25, 0.3) is 0 Å². The van der Waals surface area contributed by atoms with E-state index in [9.17, 15) is 0 Å². The molecule has 2 N–H and O–H groups in total. The Morgan fingerprint density at radius 3 is 2.52 bits per heavy atom. The molecule has 0 bridgehead atoms. The minimum absolute atomic E-state index is 0. The summed E-state index contributed by atoms with van der Waals surface area (Å²) in [5.41, 5.74) is 0. The summed E-state index contributed by atoms with van der Waals surface area (Å²) in [5, 5.41) is 6.65. The van der Waals surface area contributed by atoms with Crippen molar-refractivity contribution in [2.75, 3.05) is 26.2 Å². The molecule has 126 valence electrons. The number of nitrogens with one attached hydrogen (secondary N) is 2. The molecule has 1 aliphatic rings. The molecule has 4 nitrogen and oxygen atoms in total. The van der Waals surface area contributed by atoms with Crippen LogP contribution in [0.1, 0.15) is 59.3 Å². The molecule has 21 heavy (non-hydrogen) atoms. The number of nitrogens with zero attached hydrogens (tertiary/aromatic N) is 1. The van der Waals surface area contributed by atoms with Crippen molar-refractivity contribution in [1.29, 1.82) is 0 Å². The highest BCUT2D eigenvalue weighted by Gasteiger charge is 2.12. The van der Waals surface area contributed by atoms with E-state index in [0.717, 1.165) is 38.6 Å². The van der Waals surface area contributed by atoms with Crippen LogP contribution in [0.3, 0.4) is 0 Å². The second-order valence-electron chi connectivity index (χ2n) is 6.02. The molecule has 0 unspecified atom stereocenters. The van der Waals surface area contributed by atoms with Gasteiger partial charge in [-0.2, -0.15) is 0 Å². The van der Waals surface area contributed by atoms with E-state index >= 15 is 0 Å². The summed E-state index contributed by atoms with van der Waals surface area (Å²) >= 11 is 0. The smallest absolute Gasteiger partial charge is 0.191 e. The van der Waals surface area contributed by atoms with E-state index < -0.39 is 0 Å². The Balaban J connectivity index is 0.00000400. The molecule has 0 atom stereocenters. The van der Waals surface area contributed by atoms with Gasteiger partial charge in [-0.15, -0.1) is 24.0 Å². The zero-order valence-electron chi connectivity index (χ0n) is 14.0. The largest absolute Gasteiger partial charge is 0.378 e. The molecule has 0 aromatic rings. The van der Waals surface area contributed by atoms with Crippen LogP contribution in [-0.4, -0.2) is 38.3 Å². The van der Waals surface area contributed by atoms with Crippen LogP contribution in [0.5, 0.6) is 0 Å². The number of hydrogen-bond donors (Lipinski definition) is 2. The first-order valence-corrected chi connectivity index (χ1v) is 8.36. The molecule has 1 fully saturated rings. The van der Waals surface area contributed by atoms with Gasteiger partial charge in [0.15, 0.2) is 5.96 Å². The third-order valence-electron chi connectivity index (χ3n) is 3.48. The summed E-state index contributed by atoms with van der Waals surface area (Å²) in [7, 11) is 0. The lowest BCUT2D eigenvalue weighted by Crippen LogP contribution is -2.38. The molecule has 1 rings (SSSR count). The van der Waals surface area contributed by atoms with Crippen molar-refractivity contribution in [3.05, 3.63) is 0 Å². The first-order chi connectivity index (χ1) is 9.72. The zero-order chi connectivity index (χ0) is 14.6. The molecule has 0 saturated heterocycles. The number of hydrogen-bond acceptors (Lipinski definition) is 2. The molecule has 0 aromatic heterocycles. The van der Waals surface area contributed by atoms with Crippen LogP contribution >= 0.6 is 24.0 Å². The number of halogens is 1. The summed E-state index contributed by atoms with van der Waals surface area (Å²) in [4.78, 5) is 4.55. The fraction of sp³-hybridized carbons (Fsp3) is 0.938. The van der Waals surface area contributed by atoms with Crippen molar-refractivity contribution in [3.63, 3.8) is 0 Å². The van der Waals surface area contributed by atoms with E-state index in [1.807, 2.05) is 0 Å². The Kier molecular flexibility index (Phi) is 13.6. The standard InChI is InChI=1S/C16H33N3O.HI/c1-4-17-16(19-13-14(2)3)18-11-8-12-20-15-9-6-5-7-10-15;/h14-15H,4-13H2,1-3H3,(H2,17,18,19);1H. The molecule has 0 spiro atoms. The van der Waals surface area contributed by atoms with Gasteiger partial charge >= 0.3 is 0 Å². The van der Waals surface area contributed by atoms with Crippen molar-refractivity contribution in [1.82, 2.24) is 10.6 Å². The molecule has 0 radical (unpaired) electrons. The zero-order valence-corrected chi connectivity index (χ0v) is 16.3. The van der Waals surface area contributed by atoms with E-state index in [2.05, 4.69) is 36.4 Å². The lowest BCUT2D eigenvalue weighted by atomic mass is 9.98. The lowest BCUT2D eigenvalue weighted by molar-refractivity contribution is 0.0277. The van der Waals surface area contributed by atoms with Crippen LogP contribution in [0.4, 0.5) is 0 Å². The predicted octanol–water partition coefficient (Wildman–Crippen LogP) is 3.55. The second-order valence-corrected chi connectivity index (χ2v) is 6.02. The molecule has 0 amide bonds. The average Bonchev–Trinajstić information content (AvgIpc) is 2.45. The molecular formula is C16H34IN3O. The van der Waals surface area contributed by atoms with E-state index in [4.69, 9.17) is 4.74 Å². The summed E-state index contributed by atoms with van der Waals surface area (Å²) in [5.74, 6) is 1.53. The minimum Gasteiger partial charge on any atom is -0.378 e. The van der Waals surface area contributed by atoms with Gasteiger partial charge in [0.05, 0.1) is 6.10 Å². The van der Waals surface area contributed by atoms with Gasteiger partial charge in [0.2, 0.25) is 0 Å². The Labute approximate surface area is 147 Å². The van der Waals surface area contributed by atoms with Crippen molar-refractivity contribution >= 4 is 29.9 Å². The molecule has 1 saturated carbocycles. The van der Waals surface area contributed by atoms with E-state index in [-0.39, 0.29) is 24.0 Å². The van der Waals surface area contributed by atoms with Crippen LogP contribution in [0.15, 0.2) is 4.99 Å². The first-order valence-electron chi connectivity index (χ1n) is 8.36. The Bertz CT molecular complexity index is 266. The fourth-order valence-electron chi connectivity index (χ4n) is 2.38. The highest BCUT2D eigenvalue weighted by Crippen LogP contribution is 2.20. The van der Waals surface area contributed by atoms with Gasteiger partial charge in [-0.25, -0.2) is 0 Å². The SMILES string of the molecule is CCNC(=NCC(C)C)NCCCOC1CCCCC1.I. The number of rotatable bonds is 8. The van der Waals surface area contributed by atoms with Crippen molar-refractivity contribution < 1.29 is 4.74 Å². The van der Waals surface area contributed by atoms with Gasteiger partial charge in [0.1, 0.15) is 0 Å². The van der Waals surface area contributed by atoms with Crippen LogP contribution in [-0.2, 0) is 4.74 Å². The highest BCUT2D eigenvalue weighted by molar-refractivity contribution is 14.0. The van der Waals surface area contributed by atoms with Crippen molar-refractivity contribution in [3.8, 4) is 0 Å². The summed E-state index contributed by atoms with van der Waals surface area (Å²) in [6, 6.07) is 0. The van der Waals surface area contributed by atoms with E-state index in [0.29, 0.717) is 12.0 Å². The monoisotopic (exact) mass is 411 g/mol. The average molecular weight is 411 g/mol. The molecular weight excluding hydrogens is 377 g/mol. The quantitative estimate of drug-likeness (QED) is 0.278. The fourth-order valence-corrected chi connectivity index (χ4v) is 2.38. The third kappa shape index (κ3) is 11.2. The van der Waals surface area contributed by atoms with Gasteiger partial charge in [-0.1, -0.05) is 33.1 Å². The molecule has 0 aromatic carbocycles. The maximum Gasteiger partial charge on any atom is 0.191 e. The van der Waals surface area contributed by atoms with Crippen molar-refractivity contribution in [2.24, 2.45) is 10.9 Å². The van der Waals surface area contributed by atoms with Crippen LogP contribution < -0.4 is 10.6 Å². The first kappa shape index (κ1) is 21.0. The topological polar surface area (TPSA) is 45.7 Å². The Hall–Kier alpha value is -0.0400. The molecule has 0 heterocycles. The number of ether oxygens (including phenoxy) is 1. The normalized spacial score (nSPS) is 16.7. The third-order valence-corrected chi connectivity index (χ3v) is 3.48. The number of guanidine groups is 1. The van der Waals surface area contributed by atoms with Crippen molar-refractivity contribution in [2.45, 2.75) is 65.4 Å². The van der Waals surface area contributed by atoms with Gasteiger partial charge in [-0.3, -0.25) is 4.99 Å². The van der Waals surface area contributed by atoms with Gasteiger partial charge in [-0.05, 0) is 32.1 Å². The van der Waals surface area contributed by atoms with Crippen LogP contribution in [0.25, 0.3) is 0 Å². The minimum atomic E-state index is 0. The second kappa shape index (κ2) is 13.6. The van der Waals surface area contributed by atoms with Crippen LogP contribution in [0.2, 0.25) is 0 Å². The Morgan fingerprint density at radius 1 is 1.19 bits per heavy atom. The maximum absolute atomic E-state index is 5.92. The Morgan fingerprint density at radius 2 is 1.90 bits per heavy atom. The maximum atomic E-state index is 5.92. The lowest BCUT2D eigenvalue weighted by Gasteiger charge is -2.22. The molecule has 0 aliphatic heterocycles. The summed E-state index contributed by atoms with van der Waals surface area (Å²) in [6.07, 6.45) is 8.15. The molecule has 5 heteroatoms. The van der Waals surface area contributed by atoms with Crippen LogP contribution in [0, 0.1) is 5.92 Å². The summed E-state index contributed by atoms with van der Waals surface area (Å²) in [6.45, 7) is 10.0. The van der Waals surface area contributed by atoms with E-state index in [1.165, 1.54) is 32.1 Å². The number of aliphatic imine (C=N–C) groups is 1. The predicted molar refractivity (Wildman–Crippen MR) is 102 cm³/mol. The van der Waals surface area contributed by atoms with Gasteiger partial charge in [0, 0.05) is 26.2 Å². The highest BCUT2D eigenvalue weighted by atomic mass is 127.